The normalized spacial score (nSPS) is 13.4. The van der Waals surface area contributed by atoms with Gasteiger partial charge in [0.15, 0.2) is 0 Å². The van der Waals surface area contributed by atoms with E-state index in [-0.39, 0.29) is 13.0 Å². The molecule has 0 aromatic heterocycles. The molecular weight excluding hydrogens is 228 g/mol. The lowest BCUT2D eigenvalue weighted by molar-refractivity contribution is -0.137. The lowest BCUT2D eigenvalue weighted by Crippen LogP contribution is -2.00. The minimum absolute atomic E-state index is 0.258. The summed E-state index contributed by atoms with van der Waals surface area (Å²) in [5.74, 6) is -0.226. The molecule has 18 heavy (non-hydrogen) atoms. The number of carbonyl (C=O) groups is 1. The molecule has 0 spiro atoms. The third kappa shape index (κ3) is 13.0. The smallest absolute Gasteiger partial charge is 0.303 e. The molecule has 1 atom stereocenters. The molecule has 0 heterocycles. The van der Waals surface area contributed by atoms with Crippen LogP contribution in [0.15, 0.2) is 24.3 Å². The fraction of sp³-hybridized carbons (Fsp3) is 0.667. The maximum absolute atomic E-state index is 10.4. The molecule has 2 N–H and O–H groups in total. The van der Waals surface area contributed by atoms with Gasteiger partial charge in [0.05, 0.1) is 0 Å². The van der Waals surface area contributed by atoms with Gasteiger partial charge < -0.3 is 10.2 Å². The first-order chi connectivity index (χ1) is 8.66. The van der Waals surface area contributed by atoms with Gasteiger partial charge in [-0.2, -0.15) is 0 Å². The molecule has 0 aliphatic carbocycles. The zero-order valence-electron chi connectivity index (χ0n) is 11.3. The van der Waals surface area contributed by atoms with Crippen molar-refractivity contribution in [3.63, 3.8) is 0 Å². The molecule has 3 heteroatoms. The molecule has 104 valence electrons. The Balaban J connectivity index is 3.41. The summed E-state index contributed by atoms with van der Waals surface area (Å²) in [5, 5.41) is 17.1. The van der Waals surface area contributed by atoms with Gasteiger partial charge in [0.1, 0.15) is 0 Å². The average molecular weight is 254 g/mol. The topological polar surface area (TPSA) is 57.5 Å². The lowest BCUT2D eigenvalue weighted by Gasteiger charge is -2.06. The maximum atomic E-state index is 10.4. The highest BCUT2D eigenvalue weighted by Crippen LogP contribution is 2.12. The summed E-state index contributed by atoms with van der Waals surface area (Å²) in [6.07, 6.45) is 14.3. The van der Waals surface area contributed by atoms with E-state index in [1.807, 2.05) is 0 Å². The largest absolute Gasteiger partial charge is 0.481 e. The number of aliphatic hydroxyl groups excluding tert-OH is 1. The van der Waals surface area contributed by atoms with Crippen LogP contribution in [0.4, 0.5) is 0 Å². The van der Waals surface area contributed by atoms with Crippen molar-refractivity contribution in [1.29, 1.82) is 0 Å². The van der Waals surface area contributed by atoms with Crippen molar-refractivity contribution in [1.82, 2.24) is 0 Å². The Bertz CT molecular complexity index is 256. The molecule has 0 saturated heterocycles. The summed E-state index contributed by atoms with van der Waals surface area (Å²) in [7, 11) is 0. The van der Waals surface area contributed by atoms with Gasteiger partial charge in [0.2, 0.25) is 0 Å². The highest BCUT2D eigenvalue weighted by atomic mass is 16.4. The quantitative estimate of drug-likeness (QED) is 0.438. The van der Waals surface area contributed by atoms with Crippen LogP contribution in [0.25, 0.3) is 0 Å². The number of carboxylic acids is 1. The van der Waals surface area contributed by atoms with Crippen LogP contribution >= 0.6 is 0 Å². The SMILES string of the molecule is CC(CC/C=C/C/C=C/CCCO)CCC(=O)O. The zero-order chi connectivity index (χ0) is 13.6. The van der Waals surface area contributed by atoms with Crippen LogP contribution in [-0.4, -0.2) is 22.8 Å². The van der Waals surface area contributed by atoms with Crippen molar-refractivity contribution in [2.45, 2.75) is 51.9 Å². The fourth-order valence-corrected chi connectivity index (χ4v) is 1.61. The number of aliphatic hydroxyl groups is 1. The Kier molecular flexibility index (Phi) is 11.6. The predicted molar refractivity (Wildman–Crippen MR) is 74.5 cm³/mol. The van der Waals surface area contributed by atoms with Crippen LogP contribution < -0.4 is 0 Å². The van der Waals surface area contributed by atoms with E-state index in [1.165, 1.54) is 0 Å². The Morgan fingerprint density at radius 1 is 1.11 bits per heavy atom. The monoisotopic (exact) mass is 254 g/mol. The molecule has 3 nitrogen and oxygen atoms in total. The first-order valence-electron chi connectivity index (χ1n) is 6.79. The molecule has 0 rings (SSSR count). The highest BCUT2D eigenvalue weighted by Gasteiger charge is 2.03. The Morgan fingerprint density at radius 3 is 2.39 bits per heavy atom. The first kappa shape index (κ1) is 16.9. The van der Waals surface area contributed by atoms with E-state index in [1.54, 1.807) is 0 Å². The van der Waals surface area contributed by atoms with Crippen LogP contribution in [0.3, 0.4) is 0 Å². The molecule has 0 fully saturated rings. The van der Waals surface area contributed by atoms with Crippen molar-refractivity contribution >= 4 is 5.97 Å². The summed E-state index contributed by atoms with van der Waals surface area (Å²) in [5.41, 5.74) is 0. The molecule has 1 unspecified atom stereocenters. The lowest BCUT2D eigenvalue weighted by atomic mass is 10.00. The summed E-state index contributed by atoms with van der Waals surface area (Å²) < 4.78 is 0. The molecule has 0 aliphatic heterocycles. The van der Waals surface area contributed by atoms with E-state index >= 15 is 0 Å². The minimum Gasteiger partial charge on any atom is -0.481 e. The third-order valence-corrected chi connectivity index (χ3v) is 2.81. The van der Waals surface area contributed by atoms with Crippen LogP contribution in [0.1, 0.15) is 51.9 Å². The second-order valence-corrected chi connectivity index (χ2v) is 4.66. The van der Waals surface area contributed by atoms with Crippen LogP contribution in [0, 0.1) is 5.92 Å². The Labute approximate surface area is 110 Å². The molecule has 0 amide bonds. The van der Waals surface area contributed by atoms with Gasteiger partial charge in [0.25, 0.3) is 0 Å². The van der Waals surface area contributed by atoms with Crippen LogP contribution in [0.5, 0.6) is 0 Å². The summed E-state index contributed by atoms with van der Waals surface area (Å²) in [6.45, 7) is 2.36. The van der Waals surface area contributed by atoms with Gasteiger partial charge in [-0.3, -0.25) is 4.79 Å². The van der Waals surface area contributed by atoms with E-state index in [4.69, 9.17) is 10.2 Å². The molecule has 0 bridgehead atoms. The maximum Gasteiger partial charge on any atom is 0.303 e. The minimum atomic E-state index is -0.703. The number of hydrogen-bond donors (Lipinski definition) is 2. The van der Waals surface area contributed by atoms with Gasteiger partial charge in [-0.1, -0.05) is 31.2 Å². The molecule has 0 radical (unpaired) electrons. The Hall–Kier alpha value is -1.09. The average Bonchev–Trinajstić information content (AvgIpc) is 2.34. The van der Waals surface area contributed by atoms with Crippen LogP contribution in [-0.2, 0) is 4.79 Å². The van der Waals surface area contributed by atoms with Crippen molar-refractivity contribution in [2.75, 3.05) is 6.61 Å². The van der Waals surface area contributed by atoms with Crippen molar-refractivity contribution in [3.05, 3.63) is 24.3 Å². The summed E-state index contributed by atoms with van der Waals surface area (Å²) >= 11 is 0. The van der Waals surface area contributed by atoms with Crippen molar-refractivity contribution < 1.29 is 15.0 Å². The Morgan fingerprint density at radius 2 is 1.78 bits per heavy atom. The molecule has 0 aromatic rings. The third-order valence-electron chi connectivity index (χ3n) is 2.81. The van der Waals surface area contributed by atoms with E-state index in [0.29, 0.717) is 5.92 Å². The zero-order valence-corrected chi connectivity index (χ0v) is 11.3. The molecular formula is C15H26O3. The van der Waals surface area contributed by atoms with Crippen molar-refractivity contribution in [2.24, 2.45) is 5.92 Å². The highest BCUT2D eigenvalue weighted by molar-refractivity contribution is 5.66. The number of allylic oxidation sites excluding steroid dienone is 4. The fourth-order valence-electron chi connectivity index (χ4n) is 1.61. The summed E-state index contributed by atoms with van der Waals surface area (Å²) in [4.78, 5) is 10.4. The second-order valence-electron chi connectivity index (χ2n) is 4.66. The predicted octanol–water partition coefficient (Wildman–Crippen LogP) is 3.54. The number of carboxylic acid groups (broad SMARTS) is 1. The van der Waals surface area contributed by atoms with Crippen molar-refractivity contribution in [3.8, 4) is 0 Å². The van der Waals surface area contributed by atoms with E-state index in [9.17, 15) is 4.79 Å². The van der Waals surface area contributed by atoms with Gasteiger partial charge in [-0.15, -0.1) is 0 Å². The van der Waals surface area contributed by atoms with Crippen LogP contribution in [0.2, 0.25) is 0 Å². The molecule has 0 aromatic carbocycles. The number of unbranched alkanes of at least 4 members (excludes halogenated alkanes) is 1. The standard InChI is InChI=1S/C15H26O3/c1-14(11-12-15(17)18)10-8-6-4-2-3-5-7-9-13-16/h3-6,14,16H,2,7-13H2,1H3,(H,17,18)/b5-3+,6-4+. The number of hydrogen-bond acceptors (Lipinski definition) is 2. The first-order valence-corrected chi connectivity index (χ1v) is 6.79. The number of aliphatic carboxylic acids is 1. The summed E-state index contributed by atoms with van der Waals surface area (Å²) in [6, 6.07) is 0. The van der Waals surface area contributed by atoms with E-state index in [0.717, 1.165) is 38.5 Å². The molecule has 0 saturated carbocycles. The number of rotatable bonds is 11. The van der Waals surface area contributed by atoms with Gasteiger partial charge in [-0.25, -0.2) is 0 Å². The second kappa shape index (κ2) is 12.4. The van der Waals surface area contributed by atoms with E-state index in [2.05, 4.69) is 31.2 Å². The van der Waals surface area contributed by atoms with Gasteiger partial charge in [0, 0.05) is 13.0 Å². The van der Waals surface area contributed by atoms with Gasteiger partial charge >= 0.3 is 5.97 Å². The van der Waals surface area contributed by atoms with Gasteiger partial charge in [-0.05, 0) is 44.4 Å². The molecule has 0 aliphatic rings. The van der Waals surface area contributed by atoms with E-state index < -0.39 is 5.97 Å².